The fourth-order valence-electron chi connectivity index (χ4n) is 0. The molecule has 4 heavy (non-hydrogen) atoms. The predicted octanol–water partition coefficient (Wildman–Crippen LogP) is -0.767. The molecule has 0 aromatic rings. The van der Waals surface area contributed by atoms with Gasteiger partial charge in [0.15, 0.2) is 0 Å². The van der Waals surface area contributed by atoms with Crippen LogP contribution >= 0.6 is 0 Å². The van der Waals surface area contributed by atoms with Crippen molar-refractivity contribution in [1.29, 1.82) is 0 Å². The molecule has 0 aliphatic carbocycles. The van der Waals surface area contributed by atoms with Crippen molar-refractivity contribution < 1.29 is 33.8 Å². The van der Waals surface area contributed by atoms with Gasteiger partial charge in [-0.2, -0.15) is 0 Å². The van der Waals surface area contributed by atoms with Crippen LogP contribution in [0.4, 0.5) is 0 Å². The van der Waals surface area contributed by atoms with Crippen LogP contribution in [0.1, 0.15) is 0 Å². The first kappa shape index (κ1) is 34.7. The Labute approximate surface area is 70.3 Å². The zero-order valence-electron chi connectivity index (χ0n) is 1.87. The van der Waals surface area contributed by atoms with Gasteiger partial charge in [-0.25, -0.2) is 0 Å². The van der Waals surface area contributed by atoms with E-state index < -0.39 is 0 Å². The Balaban J connectivity index is 0. The Morgan fingerprint density at radius 3 is 1.00 bits per heavy atom. The average molecular weight is 211 g/mol. The number of rotatable bonds is 0. The minimum Gasteiger partial charge on any atom is 0 e. The summed E-state index contributed by atoms with van der Waals surface area (Å²) in [6, 6.07) is 0. The van der Waals surface area contributed by atoms with Crippen molar-refractivity contribution in [3.8, 4) is 0 Å². The summed E-state index contributed by atoms with van der Waals surface area (Å²) >= 11 is 0. The molecule has 0 N–H and O–H groups in total. The molecule has 0 unspecified atom stereocenters. The summed E-state index contributed by atoms with van der Waals surface area (Å²) < 4.78 is 0. The van der Waals surface area contributed by atoms with Crippen molar-refractivity contribution in [1.82, 2.24) is 0 Å². The Hall–Kier alpha value is 2.19. The molecule has 4 heteroatoms. The van der Waals surface area contributed by atoms with E-state index in [-0.39, 0.29) is 71.0 Å². The van der Waals surface area contributed by atoms with Crippen LogP contribution < -0.4 is 0 Å². The standard InChI is InChI=1S/Al.Co.Ga.Mn. The molecule has 8 radical (unpaired) electrons. The molecule has 0 bridgehead atoms. The third-order valence-corrected chi connectivity index (χ3v) is 0. The molecule has 0 rings (SSSR count). The molecule has 0 amide bonds. The summed E-state index contributed by atoms with van der Waals surface area (Å²) in [7, 11) is 0. The van der Waals surface area contributed by atoms with Gasteiger partial charge in [-0.1, -0.05) is 0 Å². The van der Waals surface area contributed by atoms with E-state index in [1.54, 1.807) is 0 Å². The summed E-state index contributed by atoms with van der Waals surface area (Å²) in [5, 5.41) is 0. The second-order valence-electron chi connectivity index (χ2n) is 0. The van der Waals surface area contributed by atoms with Crippen LogP contribution in [0.15, 0.2) is 0 Å². The minimum atomic E-state index is 0. The van der Waals surface area contributed by atoms with E-state index in [4.69, 9.17) is 0 Å². The van der Waals surface area contributed by atoms with Crippen LogP contribution in [0.25, 0.3) is 0 Å². The quantitative estimate of drug-likeness (QED) is 0.461. The van der Waals surface area contributed by atoms with Crippen LogP contribution in [0.5, 0.6) is 0 Å². The second kappa shape index (κ2) is 19.0. The molecule has 22 valence electrons. The van der Waals surface area contributed by atoms with Crippen LogP contribution in [-0.2, 0) is 33.8 Å². The van der Waals surface area contributed by atoms with Gasteiger partial charge in [0.25, 0.3) is 0 Å². The van der Waals surface area contributed by atoms with Gasteiger partial charge in [-0.3, -0.25) is 0 Å². The molecule has 0 aromatic heterocycles. The van der Waals surface area contributed by atoms with Crippen molar-refractivity contribution in [3.63, 3.8) is 0 Å². The van der Waals surface area contributed by atoms with E-state index in [0.29, 0.717) is 0 Å². The van der Waals surface area contributed by atoms with Gasteiger partial charge < -0.3 is 0 Å². The fraction of sp³-hybridized carbons (Fsp3) is 0. The maximum atomic E-state index is 0. The van der Waals surface area contributed by atoms with E-state index in [0.717, 1.165) is 0 Å². The van der Waals surface area contributed by atoms with E-state index in [9.17, 15) is 0 Å². The molecule has 0 atom stereocenters. The van der Waals surface area contributed by atoms with E-state index in [1.807, 2.05) is 0 Å². The fourth-order valence-corrected chi connectivity index (χ4v) is 0. The molecular weight excluding hydrogens is 211 g/mol. The smallest absolute Gasteiger partial charge is 0 e. The number of hydrogen-bond acceptors (Lipinski definition) is 0. The van der Waals surface area contributed by atoms with E-state index in [2.05, 4.69) is 0 Å². The topological polar surface area (TPSA) is 0 Å². The molecule has 0 aliphatic heterocycles. The Kier molecular flexibility index (Phi) is 165. The van der Waals surface area contributed by atoms with E-state index >= 15 is 0 Å². The summed E-state index contributed by atoms with van der Waals surface area (Å²) in [6.07, 6.45) is 0. The largest absolute Gasteiger partial charge is 0 e. The molecular formula is AlCoGaMn. The summed E-state index contributed by atoms with van der Waals surface area (Å²) in [6.45, 7) is 0. The first-order valence-corrected chi connectivity index (χ1v) is 0. The maximum Gasteiger partial charge on any atom is 0 e. The zero-order valence-corrected chi connectivity index (χ0v) is 7.66. The molecule has 0 heterocycles. The van der Waals surface area contributed by atoms with Gasteiger partial charge in [0.05, 0.1) is 0 Å². The van der Waals surface area contributed by atoms with Crippen molar-refractivity contribution >= 4 is 37.2 Å². The monoisotopic (exact) mass is 210 g/mol. The predicted molar refractivity (Wildman–Crippen MR) is 11.5 cm³/mol. The maximum absolute atomic E-state index is 0. The average Bonchev–Trinajstić information content (AvgIpc) is 0. The normalized spacial score (nSPS) is 0. The first-order valence-electron chi connectivity index (χ1n) is 0. The Morgan fingerprint density at radius 2 is 1.00 bits per heavy atom. The Morgan fingerprint density at radius 1 is 1.00 bits per heavy atom. The molecule has 0 aliphatic rings. The number of hydrogen-bond donors (Lipinski definition) is 0. The van der Waals surface area contributed by atoms with Gasteiger partial charge in [-0.05, 0) is 0 Å². The Bertz CT molecular complexity index is 8.00. The zero-order chi connectivity index (χ0) is 0. The van der Waals surface area contributed by atoms with Gasteiger partial charge in [-0.15, -0.1) is 0 Å². The van der Waals surface area contributed by atoms with Crippen LogP contribution in [0, 0.1) is 0 Å². The summed E-state index contributed by atoms with van der Waals surface area (Å²) in [5.74, 6) is 0. The van der Waals surface area contributed by atoms with Crippen LogP contribution in [-0.4, -0.2) is 37.2 Å². The van der Waals surface area contributed by atoms with Gasteiger partial charge in [0, 0.05) is 71.0 Å². The molecule has 0 nitrogen and oxygen atoms in total. The van der Waals surface area contributed by atoms with Crippen LogP contribution in [0.2, 0.25) is 0 Å². The van der Waals surface area contributed by atoms with E-state index in [1.165, 1.54) is 0 Å². The van der Waals surface area contributed by atoms with Gasteiger partial charge >= 0.3 is 0 Å². The SMILES string of the molecule is [Al].[Co].[Ga].[Mn]. The van der Waals surface area contributed by atoms with Crippen molar-refractivity contribution in [2.45, 2.75) is 0 Å². The third-order valence-electron chi connectivity index (χ3n) is 0. The second-order valence-corrected chi connectivity index (χ2v) is 0. The molecule has 0 aromatic carbocycles. The minimum absolute atomic E-state index is 0. The van der Waals surface area contributed by atoms with Crippen molar-refractivity contribution in [2.75, 3.05) is 0 Å². The molecule has 0 saturated carbocycles. The molecule has 0 saturated heterocycles. The first-order chi connectivity index (χ1) is 0. The third kappa shape index (κ3) is 8.89. The summed E-state index contributed by atoms with van der Waals surface area (Å²) in [5.41, 5.74) is 0. The van der Waals surface area contributed by atoms with Crippen molar-refractivity contribution in [2.24, 2.45) is 0 Å². The molecule has 0 spiro atoms. The summed E-state index contributed by atoms with van der Waals surface area (Å²) in [4.78, 5) is 0. The van der Waals surface area contributed by atoms with Crippen molar-refractivity contribution in [3.05, 3.63) is 0 Å². The molecule has 0 fully saturated rings. The van der Waals surface area contributed by atoms with Gasteiger partial charge in [0.2, 0.25) is 0 Å². The van der Waals surface area contributed by atoms with Crippen LogP contribution in [0.3, 0.4) is 0 Å². The van der Waals surface area contributed by atoms with Gasteiger partial charge in [0.1, 0.15) is 0 Å².